The first kappa shape index (κ1) is 22.7. The molecule has 9 heteroatoms. The van der Waals surface area contributed by atoms with Gasteiger partial charge < -0.3 is 15.7 Å². The van der Waals surface area contributed by atoms with E-state index in [-0.39, 0.29) is 19.0 Å². The number of aliphatic hydroxyl groups is 1. The average Bonchev–Trinajstić information content (AvgIpc) is 3.71. The second-order valence-electron chi connectivity index (χ2n) is 9.72. The lowest BCUT2D eigenvalue weighted by molar-refractivity contribution is 0.229. The zero-order valence-electron chi connectivity index (χ0n) is 18.9. The molecular formula is C24H31ClN6OS. The van der Waals surface area contributed by atoms with Crippen LogP contribution in [0.25, 0.3) is 20.8 Å². The van der Waals surface area contributed by atoms with Crippen LogP contribution in [-0.4, -0.2) is 44.2 Å². The number of aromatic nitrogens is 4. The van der Waals surface area contributed by atoms with E-state index in [1.54, 1.807) is 11.3 Å². The number of aliphatic hydroxyl groups excluding tert-OH is 1. The molecule has 7 nitrogen and oxygen atoms in total. The van der Waals surface area contributed by atoms with Crippen LogP contribution < -0.4 is 10.6 Å². The van der Waals surface area contributed by atoms with Crippen molar-refractivity contribution in [3.8, 4) is 10.6 Å². The SMILES string of the molecule is Cc1nc(NCC2CC2)nc(NC2CCC(CO)C2)c1-c1nc2c(C3CC3)nccc2s1.Cl. The quantitative estimate of drug-likeness (QED) is 0.405. The first-order valence-electron chi connectivity index (χ1n) is 11.9. The molecular weight excluding hydrogens is 456 g/mol. The molecule has 0 radical (unpaired) electrons. The summed E-state index contributed by atoms with van der Waals surface area (Å²) in [6.07, 6.45) is 10.0. The highest BCUT2D eigenvalue weighted by molar-refractivity contribution is 7.21. The molecule has 0 aliphatic heterocycles. The normalized spacial score (nSPS) is 22.4. The fourth-order valence-corrected chi connectivity index (χ4v) is 5.84. The molecule has 6 rings (SSSR count). The summed E-state index contributed by atoms with van der Waals surface area (Å²) in [6.45, 7) is 3.25. The highest BCUT2D eigenvalue weighted by Crippen LogP contribution is 2.44. The zero-order valence-corrected chi connectivity index (χ0v) is 20.5. The van der Waals surface area contributed by atoms with Gasteiger partial charge in [0.05, 0.1) is 21.7 Å². The first-order chi connectivity index (χ1) is 15.7. The number of nitrogens with zero attached hydrogens (tertiary/aromatic N) is 4. The summed E-state index contributed by atoms with van der Waals surface area (Å²) in [5, 5.41) is 17.7. The Labute approximate surface area is 204 Å². The number of aryl methyl sites for hydroxylation is 1. The number of hydrogen-bond acceptors (Lipinski definition) is 8. The summed E-state index contributed by atoms with van der Waals surface area (Å²) in [7, 11) is 0. The van der Waals surface area contributed by atoms with Gasteiger partial charge in [0.15, 0.2) is 0 Å². The molecule has 2 atom stereocenters. The standard InChI is InChI=1S/C24H30N6OS.ClH/c1-13-19(23-29-21-18(32-23)8-9-25-20(21)16-5-6-16)22(28-17-7-4-15(10-17)12-31)30-24(27-13)26-11-14-2-3-14;/h8-9,14-17,31H,2-7,10-12H2,1H3,(H2,26,27,28,30);1H. The van der Waals surface area contributed by atoms with Crippen molar-refractivity contribution in [2.45, 2.75) is 63.8 Å². The molecule has 3 heterocycles. The Balaban J connectivity index is 0.00000228. The van der Waals surface area contributed by atoms with Crippen molar-refractivity contribution in [3.05, 3.63) is 23.7 Å². The number of rotatable bonds is 8. The molecule has 0 saturated heterocycles. The second-order valence-corrected chi connectivity index (χ2v) is 10.8. The van der Waals surface area contributed by atoms with Gasteiger partial charge in [0, 0.05) is 31.3 Å². The smallest absolute Gasteiger partial charge is 0.224 e. The van der Waals surface area contributed by atoms with Crippen molar-refractivity contribution in [1.82, 2.24) is 19.9 Å². The Bertz CT molecular complexity index is 1150. The topological polar surface area (TPSA) is 95.9 Å². The van der Waals surface area contributed by atoms with Crippen molar-refractivity contribution in [1.29, 1.82) is 0 Å². The van der Waals surface area contributed by atoms with Crippen molar-refractivity contribution in [3.63, 3.8) is 0 Å². The number of halogens is 1. The molecule has 3 aliphatic carbocycles. The van der Waals surface area contributed by atoms with Crippen molar-refractivity contribution < 1.29 is 5.11 Å². The lowest BCUT2D eigenvalue weighted by Gasteiger charge is -2.18. The molecule has 176 valence electrons. The molecule has 3 saturated carbocycles. The Morgan fingerprint density at radius 3 is 2.61 bits per heavy atom. The van der Waals surface area contributed by atoms with E-state index in [2.05, 4.69) is 28.6 Å². The summed E-state index contributed by atoms with van der Waals surface area (Å²) in [5.41, 5.74) is 4.12. The molecule has 3 aliphatic rings. The largest absolute Gasteiger partial charge is 0.396 e. The van der Waals surface area contributed by atoms with Crippen molar-refractivity contribution >= 4 is 45.7 Å². The van der Waals surface area contributed by atoms with Gasteiger partial charge in [-0.05, 0) is 69.8 Å². The number of fused-ring (bicyclic) bond motifs is 1. The number of pyridine rings is 1. The third-order valence-electron chi connectivity index (χ3n) is 6.99. The van der Waals surface area contributed by atoms with Crippen LogP contribution in [0.2, 0.25) is 0 Å². The molecule has 0 amide bonds. The Kier molecular flexibility index (Phi) is 6.42. The van der Waals surface area contributed by atoms with Gasteiger partial charge in [0.1, 0.15) is 16.3 Å². The van der Waals surface area contributed by atoms with Crippen LogP contribution in [0.4, 0.5) is 11.8 Å². The molecule has 2 unspecified atom stereocenters. The molecule has 3 fully saturated rings. The fraction of sp³-hybridized carbons (Fsp3) is 0.583. The highest BCUT2D eigenvalue weighted by atomic mass is 35.5. The molecule has 33 heavy (non-hydrogen) atoms. The third-order valence-corrected chi connectivity index (χ3v) is 8.03. The van der Waals surface area contributed by atoms with Gasteiger partial charge in [-0.1, -0.05) is 0 Å². The zero-order chi connectivity index (χ0) is 21.7. The predicted molar refractivity (Wildman–Crippen MR) is 135 cm³/mol. The van der Waals surface area contributed by atoms with E-state index in [9.17, 15) is 5.11 Å². The number of anilines is 2. The van der Waals surface area contributed by atoms with Crippen LogP contribution in [0.3, 0.4) is 0 Å². The van der Waals surface area contributed by atoms with Crippen molar-refractivity contribution in [2.75, 3.05) is 23.8 Å². The predicted octanol–water partition coefficient (Wildman–Crippen LogP) is 5.15. The van der Waals surface area contributed by atoms with Gasteiger partial charge in [-0.15, -0.1) is 23.7 Å². The first-order valence-corrected chi connectivity index (χ1v) is 12.7. The highest BCUT2D eigenvalue weighted by Gasteiger charge is 2.30. The lowest BCUT2D eigenvalue weighted by atomic mass is 10.1. The van der Waals surface area contributed by atoms with Gasteiger partial charge in [-0.3, -0.25) is 4.98 Å². The second kappa shape index (κ2) is 9.31. The van der Waals surface area contributed by atoms with Crippen LogP contribution in [0.5, 0.6) is 0 Å². The van der Waals surface area contributed by atoms with E-state index in [0.29, 0.717) is 23.8 Å². The molecule has 0 spiro atoms. The Morgan fingerprint density at radius 1 is 1.06 bits per heavy atom. The minimum Gasteiger partial charge on any atom is -0.396 e. The summed E-state index contributed by atoms with van der Waals surface area (Å²) in [6, 6.07) is 2.38. The number of thiazole rings is 1. The van der Waals surface area contributed by atoms with E-state index in [0.717, 1.165) is 65.0 Å². The van der Waals surface area contributed by atoms with Gasteiger partial charge in [0.25, 0.3) is 0 Å². The van der Waals surface area contributed by atoms with Crippen LogP contribution >= 0.6 is 23.7 Å². The summed E-state index contributed by atoms with van der Waals surface area (Å²) in [4.78, 5) is 19.4. The Morgan fingerprint density at radius 2 is 1.88 bits per heavy atom. The molecule has 3 aromatic heterocycles. The fourth-order valence-electron chi connectivity index (χ4n) is 4.77. The van der Waals surface area contributed by atoms with Crippen LogP contribution in [0, 0.1) is 18.8 Å². The summed E-state index contributed by atoms with van der Waals surface area (Å²) in [5.74, 6) is 3.25. The molecule has 3 aromatic rings. The van der Waals surface area contributed by atoms with E-state index >= 15 is 0 Å². The van der Waals surface area contributed by atoms with E-state index < -0.39 is 0 Å². The molecule has 0 aromatic carbocycles. The number of hydrogen-bond donors (Lipinski definition) is 3. The average molecular weight is 487 g/mol. The molecule has 0 bridgehead atoms. The van der Waals surface area contributed by atoms with Gasteiger partial charge in [0.2, 0.25) is 5.95 Å². The number of nitrogens with one attached hydrogen (secondary N) is 2. The monoisotopic (exact) mass is 486 g/mol. The van der Waals surface area contributed by atoms with E-state index in [1.807, 2.05) is 6.20 Å². The minimum absolute atomic E-state index is 0. The van der Waals surface area contributed by atoms with Crippen LogP contribution in [0.1, 0.15) is 62.3 Å². The van der Waals surface area contributed by atoms with E-state index in [4.69, 9.17) is 15.0 Å². The van der Waals surface area contributed by atoms with Crippen molar-refractivity contribution in [2.24, 2.45) is 11.8 Å². The maximum atomic E-state index is 9.58. The Hall–Kier alpha value is -2.03. The van der Waals surface area contributed by atoms with Gasteiger partial charge >= 0.3 is 0 Å². The van der Waals surface area contributed by atoms with E-state index in [1.165, 1.54) is 30.4 Å². The summed E-state index contributed by atoms with van der Waals surface area (Å²) < 4.78 is 1.18. The maximum absolute atomic E-state index is 9.58. The summed E-state index contributed by atoms with van der Waals surface area (Å²) >= 11 is 1.70. The maximum Gasteiger partial charge on any atom is 0.224 e. The minimum atomic E-state index is 0. The lowest BCUT2D eigenvalue weighted by Crippen LogP contribution is -2.19. The van der Waals surface area contributed by atoms with Gasteiger partial charge in [-0.2, -0.15) is 4.98 Å². The van der Waals surface area contributed by atoms with Gasteiger partial charge in [-0.25, -0.2) is 9.97 Å². The molecule has 3 N–H and O–H groups in total. The van der Waals surface area contributed by atoms with Crippen LogP contribution in [0.15, 0.2) is 12.3 Å². The van der Waals surface area contributed by atoms with Crippen LogP contribution in [-0.2, 0) is 0 Å². The third kappa shape index (κ3) is 4.79.